The minimum Gasteiger partial charge on any atom is -0.396 e. The average molecular weight is 313 g/mol. The van der Waals surface area contributed by atoms with Crippen molar-refractivity contribution in [1.82, 2.24) is 9.88 Å². The Hall–Kier alpha value is -0.940. The molecule has 1 fully saturated rings. The van der Waals surface area contributed by atoms with Crippen LogP contribution in [0.15, 0.2) is 22.8 Å². The molecule has 18 heavy (non-hydrogen) atoms. The Morgan fingerprint density at radius 2 is 2.44 bits per heavy atom. The molecule has 1 aromatic rings. The van der Waals surface area contributed by atoms with Crippen molar-refractivity contribution in [2.45, 2.75) is 19.3 Å². The summed E-state index contributed by atoms with van der Waals surface area (Å²) < 4.78 is 0.735. The molecule has 2 rings (SSSR count). The number of aliphatic hydroxyl groups excluding tert-OH is 1. The quantitative estimate of drug-likeness (QED) is 0.929. The molecule has 1 aliphatic heterocycles. The van der Waals surface area contributed by atoms with Crippen LogP contribution in [0.5, 0.6) is 0 Å². The summed E-state index contributed by atoms with van der Waals surface area (Å²) in [6.07, 6.45) is 4.49. The van der Waals surface area contributed by atoms with Crippen LogP contribution in [-0.2, 0) is 0 Å². The van der Waals surface area contributed by atoms with Gasteiger partial charge in [-0.2, -0.15) is 0 Å². The number of aromatic nitrogens is 1. The smallest absolute Gasteiger partial charge is 0.273 e. The second kappa shape index (κ2) is 6.29. The first-order chi connectivity index (χ1) is 8.72. The van der Waals surface area contributed by atoms with Crippen LogP contribution in [0.2, 0.25) is 0 Å². The van der Waals surface area contributed by atoms with Gasteiger partial charge in [0.25, 0.3) is 5.91 Å². The number of carbonyl (C=O) groups excluding carboxylic acids is 1. The summed E-state index contributed by atoms with van der Waals surface area (Å²) in [5.74, 6) is 0.389. The number of aliphatic hydroxyl groups is 1. The predicted molar refractivity (Wildman–Crippen MR) is 72.3 cm³/mol. The van der Waals surface area contributed by atoms with E-state index < -0.39 is 0 Å². The van der Waals surface area contributed by atoms with Crippen LogP contribution >= 0.6 is 15.9 Å². The lowest BCUT2D eigenvalue weighted by Crippen LogP contribution is -2.40. The third kappa shape index (κ3) is 3.09. The Balaban J connectivity index is 2.07. The maximum Gasteiger partial charge on any atom is 0.273 e. The van der Waals surface area contributed by atoms with Crippen molar-refractivity contribution in [3.8, 4) is 0 Å². The number of likely N-dealkylation sites (tertiary alicyclic amines) is 1. The summed E-state index contributed by atoms with van der Waals surface area (Å²) in [6, 6.07) is 3.63. The van der Waals surface area contributed by atoms with Gasteiger partial charge in [0, 0.05) is 30.4 Å². The number of amides is 1. The van der Waals surface area contributed by atoms with E-state index in [9.17, 15) is 4.79 Å². The summed E-state index contributed by atoms with van der Waals surface area (Å²) >= 11 is 3.36. The number of halogens is 1. The number of hydrogen-bond donors (Lipinski definition) is 1. The number of hydrogen-bond acceptors (Lipinski definition) is 3. The fraction of sp³-hybridized carbons (Fsp3) is 0.538. The number of piperidine rings is 1. The summed E-state index contributed by atoms with van der Waals surface area (Å²) in [4.78, 5) is 18.3. The molecule has 0 saturated carbocycles. The zero-order valence-electron chi connectivity index (χ0n) is 10.2. The molecular formula is C13H17BrN2O2. The van der Waals surface area contributed by atoms with Gasteiger partial charge in [-0.3, -0.25) is 4.79 Å². The van der Waals surface area contributed by atoms with Crippen LogP contribution in [0.1, 0.15) is 29.8 Å². The van der Waals surface area contributed by atoms with Gasteiger partial charge in [0.05, 0.1) is 0 Å². The highest BCUT2D eigenvalue weighted by Gasteiger charge is 2.25. The van der Waals surface area contributed by atoms with Gasteiger partial charge < -0.3 is 10.0 Å². The van der Waals surface area contributed by atoms with Crippen LogP contribution in [0, 0.1) is 5.92 Å². The summed E-state index contributed by atoms with van der Waals surface area (Å²) in [5.41, 5.74) is 0.474. The van der Waals surface area contributed by atoms with Crippen LogP contribution in [0.4, 0.5) is 0 Å². The third-order valence-electron chi connectivity index (χ3n) is 3.30. The molecule has 1 atom stereocenters. The Morgan fingerprint density at radius 3 is 3.17 bits per heavy atom. The topological polar surface area (TPSA) is 53.4 Å². The highest BCUT2D eigenvalue weighted by molar-refractivity contribution is 9.10. The van der Waals surface area contributed by atoms with Gasteiger partial charge in [0.2, 0.25) is 0 Å². The molecule has 4 nitrogen and oxygen atoms in total. The van der Waals surface area contributed by atoms with Crippen molar-refractivity contribution in [2.24, 2.45) is 5.92 Å². The molecule has 1 amide bonds. The largest absolute Gasteiger partial charge is 0.396 e. The third-order valence-corrected chi connectivity index (χ3v) is 3.94. The van der Waals surface area contributed by atoms with Crippen LogP contribution in [-0.4, -0.2) is 40.6 Å². The lowest BCUT2D eigenvalue weighted by Gasteiger charge is -2.32. The molecule has 98 valence electrons. The Labute approximate surface area is 115 Å². The van der Waals surface area contributed by atoms with Gasteiger partial charge in [-0.15, -0.1) is 0 Å². The van der Waals surface area contributed by atoms with Crippen molar-refractivity contribution in [3.63, 3.8) is 0 Å². The van der Waals surface area contributed by atoms with Gasteiger partial charge >= 0.3 is 0 Å². The molecule has 1 N–H and O–H groups in total. The van der Waals surface area contributed by atoms with E-state index >= 15 is 0 Å². The number of rotatable bonds is 3. The predicted octanol–water partition coefficient (Wildman–Crippen LogP) is 2.08. The van der Waals surface area contributed by atoms with E-state index in [0.717, 1.165) is 36.8 Å². The molecule has 1 unspecified atom stereocenters. The Kier molecular flexibility index (Phi) is 4.72. The van der Waals surface area contributed by atoms with E-state index in [1.165, 1.54) is 0 Å². The average Bonchev–Trinajstić information content (AvgIpc) is 2.39. The molecule has 0 spiro atoms. The van der Waals surface area contributed by atoms with E-state index in [0.29, 0.717) is 11.6 Å². The molecular weight excluding hydrogens is 296 g/mol. The SMILES string of the molecule is O=C(c1ncccc1Br)N1CCCC(CCO)C1. The molecule has 0 radical (unpaired) electrons. The maximum absolute atomic E-state index is 12.3. The lowest BCUT2D eigenvalue weighted by molar-refractivity contribution is 0.0647. The summed E-state index contributed by atoms with van der Waals surface area (Å²) in [5, 5.41) is 8.98. The van der Waals surface area contributed by atoms with Gasteiger partial charge in [-0.1, -0.05) is 0 Å². The molecule has 2 heterocycles. The number of pyridine rings is 1. The fourth-order valence-corrected chi connectivity index (χ4v) is 2.79. The van der Waals surface area contributed by atoms with E-state index in [1.54, 1.807) is 12.3 Å². The van der Waals surface area contributed by atoms with E-state index in [-0.39, 0.29) is 12.5 Å². The summed E-state index contributed by atoms with van der Waals surface area (Å²) in [6.45, 7) is 1.70. The van der Waals surface area contributed by atoms with Crippen LogP contribution in [0.25, 0.3) is 0 Å². The highest BCUT2D eigenvalue weighted by Crippen LogP contribution is 2.22. The van der Waals surface area contributed by atoms with Crippen molar-refractivity contribution in [3.05, 3.63) is 28.5 Å². The zero-order valence-corrected chi connectivity index (χ0v) is 11.8. The van der Waals surface area contributed by atoms with Gasteiger partial charge in [-0.25, -0.2) is 4.98 Å². The molecule has 0 bridgehead atoms. The standard InChI is InChI=1S/C13H17BrN2O2/c14-11-4-1-6-15-12(11)13(18)16-7-2-3-10(9-16)5-8-17/h1,4,6,10,17H,2-3,5,7-9H2. The molecule has 1 aliphatic rings. The molecule has 0 aromatic carbocycles. The minimum absolute atomic E-state index is 0.0230. The van der Waals surface area contributed by atoms with E-state index in [1.807, 2.05) is 11.0 Å². The van der Waals surface area contributed by atoms with Gasteiger partial charge in [0.15, 0.2) is 0 Å². The minimum atomic E-state index is -0.0230. The second-order valence-corrected chi connectivity index (χ2v) is 5.46. The van der Waals surface area contributed by atoms with Gasteiger partial charge in [-0.05, 0) is 53.2 Å². The molecule has 1 aromatic heterocycles. The number of carbonyl (C=O) groups is 1. The zero-order chi connectivity index (χ0) is 13.0. The Bertz CT molecular complexity index is 423. The fourth-order valence-electron chi connectivity index (χ4n) is 2.36. The number of nitrogens with zero attached hydrogens (tertiary/aromatic N) is 2. The van der Waals surface area contributed by atoms with Crippen LogP contribution < -0.4 is 0 Å². The maximum atomic E-state index is 12.3. The van der Waals surface area contributed by atoms with Crippen molar-refractivity contribution >= 4 is 21.8 Å². The van der Waals surface area contributed by atoms with Crippen molar-refractivity contribution < 1.29 is 9.90 Å². The first kappa shape index (κ1) is 13.5. The van der Waals surface area contributed by atoms with Crippen molar-refractivity contribution in [2.75, 3.05) is 19.7 Å². The molecule has 5 heteroatoms. The first-order valence-electron chi connectivity index (χ1n) is 6.23. The highest BCUT2D eigenvalue weighted by atomic mass is 79.9. The van der Waals surface area contributed by atoms with Crippen molar-refractivity contribution in [1.29, 1.82) is 0 Å². The Morgan fingerprint density at radius 1 is 1.61 bits per heavy atom. The van der Waals surface area contributed by atoms with E-state index in [4.69, 9.17) is 5.11 Å². The first-order valence-corrected chi connectivity index (χ1v) is 7.02. The van der Waals surface area contributed by atoms with Crippen LogP contribution in [0.3, 0.4) is 0 Å². The molecule has 0 aliphatic carbocycles. The van der Waals surface area contributed by atoms with E-state index in [2.05, 4.69) is 20.9 Å². The monoisotopic (exact) mass is 312 g/mol. The summed E-state index contributed by atoms with van der Waals surface area (Å²) in [7, 11) is 0. The second-order valence-electron chi connectivity index (χ2n) is 4.61. The normalized spacial score (nSPS) is 19.9. The molecule has 1 saturated heterocycles. The lowest BCUT2D eigenvalue weighted by atomic mass is 9.95. The van der Waals surface area contributed by atoms with Gasteiger partial charge in [0.1, 0.15) is 5.69 Å².